The van der Waals surface area contributed by atoms with Gasteiger partial charge in [-0.05, 0) is 30.4 Å². The Balaban J connectivity index is 0.00000220. The molecule has 0 radical (unpaired) electrons. The van der Waals surface area contributed by atoms with Gasteiger partial charge in [0.25, 0.3) is 0 Å². The number of carbonyl (C=O) groups excluding carboxylic acids is 1. The molecule has 1 aliphatic heterocycles. The summed E-state index contributed by atoms with van der Waals surface area (Å²) in [5.41, 5.74) is 7.72. The minimum Gasteiger partial charge on any atom is -0.399 e. The number of ether oxygens (including phenoxy) is 1. The zero-order valence-electron chi connectivity index (χ0n) is 12.7. The molecule has 1 amide bonds. The number of benzene rings is 1. The number of carbonyl (C=O) groups is 1. The zero-order chi connectivity index (χ0) is 14.5. The quantitative estimate of drug-likeness (QED) is 0.869. The zero-order valence-corrected chi connectivity index (χ0v) is 13.6. The lowest BCUT2D eigenvalue weighted by atomic mass is 9.95. The third-order valence-corrected chi connectivity index (χ3v) is 4.21. The van der Waals surface area contributed by atoms with E-state index in [0.29, 0.717) is 25.3 Å². The molecule has 1 aromatic rings. The molecule has 2 unspecified atom stereocenters. The first-order chi connectivity index (χ1) is 9.61. The monoisotopic (exact) mass is 312 g/mol. The number of hydrogen-bond donors (Lipinski definition) is 1. The number of hydrogen-bond acceptors (Lipinski definition) is 3. The van der Waals surface area contributed by atoms with Gasteiger partial charge in [-0.25, -0.2) is 0 Å². The van der Waals surface area contributed by atoms with Gasteiger partial charge in [0.1, 0.15) is 0 Å². The maximum absolute atomic E-state index is 12.3. The van der Waals surface area contributed by atoms with Crippen molar-refractivity contribution < 1.29 is 9.53 Å². The van der Waals surface area contributed by atoms with E-state index >= 15 is 0 Å². The molecule has 0 bridgehead atoms. The predicted molar refractivity (Wildman–Crippen MR) is 87.6 cm³/mol. The number of nitrogens with zero attached hydrogens (tertiary/aromatic N) is 1. The van der Waals surface area contributed by atoms with Crippen LogP contribution in [0.5, 0.6) is 0 Å². The average molecular weight is 313 g/mol. The molecule has 1 aromatic carbocycles. The Hall–Kier alpha value is -1.26. The number of rotatable bonds is 4. The largest absolute Gasteiger partial charge is 0.399 e. The first kappa shape index (κ1) is 17.8. The first-order valence-electron chi connectivity index (χ1n) is 7.25. The van der Waals surface area contributed by atoms with Gasteiger partial charge in [0.2, 0.25) is 5.91 Å². The van der Waals surface area contributed by atoms with E-state index in [2.05, 4.69) is 6.92 Å². The van der Waals surface area contributed by atoms with Gasteiger partial charge in [0, 0.05) is 32.3 Å². The lowest BCUT2D eigenvalue weighted by Gasteiger charge is -2.36. The normalized spacial score (nSPS) is 21.7. The summed E-state index contributed by atoms with van der Waals surface area (Å²) in [6, 6.07) is 7.73. The van der Waals surface area contributed by atoms with Crippen molar-refractivity contribution in [3.8, 4) is 0 Å². The van der Waals surface area contributed by atoms with E-state index in [9.17, 15) is 4.79 Å². The van der Waals surface area contributed by atoms with Crippen molar-refractivity contribution in [3.63, 3.8) is 0 Å². The second kappa shape index (κ2) is 8.25. The molecule has 2 atom stereocenters. The fraction of sp³-hybridized carbons (Fsp3) is 0.562. The Morgan fingerprint density at radius 1 is 1.43 bits per heavy atom. The van der Waals surface area contributed by atoms with Gasteiger partial charge < -0.3 is 15.4 Å². The Morgan fingerprint density at radius 3 is 2.81 bits per heavy atom. The first-order valence-corrected chi connectivity index (χ1v) is 7.25. The van der Waals surface area contributed by atoms with Crippen LogP contribution in [0.1, 0.15) is 25.3 Å². The highest BCUT2D eigenvalue weighted by atomic mass is 35.5. The molecule has 5 heteroatoms. The number of nitrogen functional groups attached to an aromatic ring is 1. The number of halogens is 1. The standard InChI is InChI=1S/C16H24N2O2.ClH/c1-12-9-10-18(11-15(12)20-2)16(19)8-7-13-5-3-4-6-14(13)17;/h3-6,12,15H,7-11,17H2,1-2H3;1H. The van der Waals surface area contributed by atoms with Crippen LogP contribution in [0.2, 0.25) is 0 Å². The number of methoxy groups -OCH3 is 1. The van der Waals surface area contributed by atoms with Crippen LogP contribution in [0.4, 0.5) is 5.69 Å². The van der Waals surface area contributed by atoms with E-state index in [1.807, 2.05) is 29.2 Å². The summed E-state index contributed by atoms with van der Waals surface area (Å²) in [7, 11) is 1.72. The molecule has 0 saturated carbocycles. The molecule has 0 aromatic heterocycles. The van der Waals surface area contributed by atoms with E-state index < -0.39 is 0 Å². The summed E-state index contributed by atoms with van der Waals surface area (Å²) in [6.07, 6.45) is 2.39. The molecule has 4 nitrogen and oxygen atoms in total. The van der Waals surface area contributed by atoms with Crippen LogP contribution in [0.3, 0.4) is 0 Å². The summed E-state index contributed by atoms with van der Waals surface area (Å²) in [5.74, 6) is 0.719. The Bertz CT molecular complexity index is 467. The molecular weight excluding hydrogens is 288 g/mol. The second-order valence-corrected chi connectivity index (χ2v) is 5.58. The number of likely N-dealkylation sites (tertiary alicyclic amines) is 1. The molecule has 2 rings (SSSR count). The molecule has 118 valence electrons. The van der Waals surface area contributed by atoms with Crippen molar-refractivity contribution >= 4 is 24.0 Å². The van der Waals surface area contributed by atoms with Crippen LogP contribution in [-0.4, -0.2) is 37.1 Å². The van der Waals surface area contributed by atoms with Gasteiger partial charge in [0.05, 0.1) is 6.10 Å². The topological polar surface area (TPSA) is 55.6 Å². The fourth-order valence-electron chi connectivity index (χ4n) is 2.73. The molecule has 1 heterocycles. The van der Waals surface area contributed by atoms with Crippen molar-refractivity contribution in [1.82, 2.24) is 4.90 Å². The third-order valence-electron chi connectivity index (χ3n) is 4.21. The van der Waals surface area contributed by atoms with Crippen molar-refractivity contribution in [3.05, 3.63) is 29.8 Å². The van der Waals surface area contributed by atoms with Crippen molar-refractivity contribution in [2.24, 2.45) is 5.92 Å². The minimum absolute atomic E-state index is 0. The van der Waals surface area contributed by atoms with Gasteiger partial charge in [-0.1, -0.05) is 25.1 Å². The molecule has 21 heavy (non-hydrogen) atoms. The lowest BCUT2D eigenvalue weighted by Crippen LogP contribution is -2.46. The van der Waals surface area contributed by atoms with Gasteiger partial charge in [0.15, 0.2) is 0 Å². The number of piperidine rings is 1. The fourth-order valence-corrected chi connectivity index (χ4v) is 2.73. The predicted octanol–water partition coefficient (Wildman–Crippen LogP) is 2.51. The highest BCUT2D eigenvalue weighted by molar-refractivity contribution is 5.85. The van der Waals surface area contributed by atoms with E-state index in [0.717, 1.165) is 24.2 Å². The van der Waals surface area contributed by atoms with Gasteiger partial charge in [-0.2, -0.15) is 0 Å². The van der Waals surface area contributed by atoms with Crippen LogP contribution in [0, 0.1) is 5.92 Å². The third kappa shape index (κ3) is 4.61. The summed E-state index contributed by atoms with van der Waals surface area (Å²) >= 11 is 0. The average Bonchev–Trinajstić information content (AvgIpc) is 2.46. The molecular formula is C16H25ClN2O2. The highest BCUT2D eigenvalue weighted by Gasteiger charge is 2.28. The van der Waals surface area contributed by atoms with Crippen molar-refractivity contribution in [2.75, 3.05) is 25.9 Å². The molecule has 1 fully saturated rings. The highest BCUT2D eigenvalue weighted by Crippen LogP contribution is 2.21. The van der Waals surface area contributed by atoms with E-state index in [1.54, 1.807) is 7.11 Å². The molecule has 1 aliphatic rings. The van der Waals surface area contributed by atoms with Gasteiger partial charge in [-0.15, -0.1) is 12.4 Å². The summed E-state index contributed by atoms with van der Waals surface area (Å²) < 4.78 is 5.45. The Labute approximate surface area is 133 Å². The Kier molecular flexibility index (Phi) is 6.99. The number of aryl methyl sites for hydroxylation is 1. The molecule has 2 N–H and O–H groups in total. The molecule has 0 aliphatic carbocycles. The van der Waals surface area contributed by atoms with Gasteiger partial charge in [-0.3, -0.25) is 4.79 Å². The number of nitrogens with two attached hydrogens (primary N) is 1. The van der Waals surface area contributed by atoms with Crippen LogP contribution in [-0.2, 0) is 16.0 Å². The van der Waals surface area contributed by atoms with Crippen molar-refractivity contribution in [2.45, 2.75) is 32.3 Å². The smallest absolute Gasteiger partial charge is 0.222 e. The van der Waals surface area contributed by atoms with Crippen LogP contribution in [0.15, 0.2) is 24.3 Å². The maximum Gasteiger partial charge on any atom is 0.222 e. The van der Waals surface area contributed by atoms with Crippen molar-refractivity contribution in [1.29, 1.82) is 0 Å². The van der Waals surface area contributed by atoms with E-state index in [1.165, 1.54) is 0 Å². The summed E-state index contributed by atoms with van der Waals surface area (Å²) in [6.45, 7) is 3.73. The number of anilines is 1. The second-order valence-electron chi connectivity index (χ2n) is 5.58. The SMILES string of the molecule is COC1CN(C(=O)CCc2ccccc2N)CCC1C.Cl. The van der Waals surface area contributed by atoms with E-state index in [-0.39, 0.29) is 24.4 Å². The Morgan fingerprint density at radius 2 is 2.14 bits per heavy atom. The van der Waals surface area contributed by atoms with Crippen LogP contribution >= 0.6 is 12.4 Å². The van der Waals surface area contributed by atoms with E-state index in [4.69, 9.17) is 10.5 Å². The number of amides is 1. The summed E-state index contributed by atoms with van der Waals surface area (Å²) in [4.78, 5) is 14.2. The van der Waals surface area contributed by atoms with Gasteiger partial charge >= 0.3 is 0 Å². The van der Waals surface area contributed by atoms with Crippen LogP contribution < -0.4 is 5.73 Å². The number of para-hydroxylation sites is 1. The molecule has 1 saturated heterocycles. The maximum atomic E-state index is 12.3. The summed E-state index contributed by atoms with van der Waals surface area (Å²) in [5, 5.41) is 0. The van der Waals surface area contributed by atoms with Crippen LogP contribution in [0.25, 0.3) is 0 Å². The lowest BCUT2D eigenvalue weighted by molar-refractivity contribution is -0.136. The molecule has 0 spiro atoms. The minimum atomic E-state index is 0.